The summed E-state index contributed by atoms with van der Waals surface area (Å²) in [6.45, 7) is 5.74. The Morgan fingerprint density at radius 3 is 1.31 bits per heavy atom. The predicted octanol–water partition coefficient (Wildman–Crippen LogP) is 7.38. The number of unbranched alkanes of at least 4 members (excludes halogenated alkanes) is 9. The van der Waals surface area contributed by atoms with E-state index in [1.54, 1.807) is 23.6 Å². The Morgan fingerprint density at radius 1 is 0.694 bits per heavy atom. The van der Waals surface area contributed by atoms with Gasteiger partial charge in [0.05, 0.1) is 26.2 Å². The molecule has 0 saturated heterocycles. The topological polar surface area (TPSA) is 83.8 Å². The van der Waals surface area contributed by atoms with Crippen LogP contribution in [0.5, 0.6) is 0 Å². The van der Waals surface area contributed by atoms with Gasteiger partial charge in [-0.2, -0.15) is 0 Å². The zero-order valence-corrected chi connectivity index (χ0v) is 24.6. The molecule has 0 bridgehead atoms. The third-order valence-corrected chi connectivity index (χ3v) is 6.06. The molecular formula is C24H42Cl4N4O4. The number of amidine groups is 2. The summed E-state index contributed by atoms with van der Waals surface area (Å²) in [6.07, 6.45) is 12.7. The van der Waals surface area contributed by atoms with E-state index in [0.717, 1.165) is 50.2 Å². The highest BCUT2D eigenvalue weighted by molar-refractivity contribution is 6.20. The van der Waals surface area contributed by atoms with Crippen LogP contribution in [0.25, 0.3) is 0 Å². The summed E-state index contributed by atoms with van der Waals surface area (Å²) in [4.78, 5) is 36.1. The zero-order chi connectivity index (χ0) is 24.8. The number of halogens is 4. The summed E-state index contributed by atoms with van der Waals surface area (Å²) < 4.78 is 10.1. The average molecular weight is 592 g/mol. The van der Waals surface area contributed by atoms with Crippen LogP contribution in [0.1, 0.15) is 90.9 Å². The van der Waals surface area contributed by atoms with E-state index in [-0.39, 0.29) is 24.8 Å². The maximum absolute atomic E-state index is 12.0. The molecule has 2 aliphatic heterocycles. The van der Waals surface area contributed by atoms with Gasteiger partial charge in [0.2, 0.25) is 0 Å². The third-order valence-electron chi connectivity index (χ3n) is 5.88. The van der Waals surface area contributed by atoms with Crippen LogP contribution >= 0.6 is 48.0 Å². The van der Waals surface area contributed by atoms with Crippen molar-refractivity contribution in [1.29, 1.82) is 0 Å². The molecule has 2 amide bonds. The smallest absolute Gasteiger partial charge is 0.416 e. The maximum atomic E-state index is 12.0. The van der Waals surface area contributed by atoms with Crippen molar-refractivity contribution in [1.82, 2.24) is 9.80 Å². The normalized spacial score (nSPS) is 16.4. The molecule has 2 rings (SSSR count). The van der Waals surface area contributed by atoms with Gasteiger partial charge in [0.25, 0.3) is 0 Å². The molecule has 2 unspecified atom stereocenters. The fourth-order valence-corrected chi connectivity index (χ4v) is 4.35. The third kappa shape index (κ3) is 13.5. The summed E-state index contributed by atoms with van der Waals surface area (Å²) in [5.41, 5.74) is -1.25. The highest BCUT2D eigenvalue weighted by Gasteiger charge is 2.26. The van der Waals surface area contributed by atoms with Crippen LogP contribution in [0.15, 0.2) is 9.98 Å². The van der Waals surface area contributed by atoms with Gasteiger partial charge in [-0.1, -0.05) is 74.6 Å². The van der Waals surface area contributed by atoms with E-state index in [0.29, 0.717) is 26.2 Å². The van der Waals surface area contributed by atoms with Crippen LogP contribution in [0.3, 0.4) is 0 Å². The molecular weight excluding hydrogens is 550 g/mol. The first kappa shape index (κ1) is 35.0. The van der Waals surface area contributed by atoms with Crippen molar-refractivity contribution in [2.75, 3.05) is 26.2 Å². The molecule has 12 heteroatoms. The van der Waals surface area contributed by atoms with Gasteiger partial charge in [-0.15, -0.1) is 24.8 Å². The molecule has 0 saturated carbocycles. The Morgan fingerprint density at radius 2 is 1.00 bits per heavy atom. The van der Waals surface area contributed by atoms with Crippen molar-refractivity contribution in [3.63, 3.8) is 0 Å². The summed E-state index contributed by atoms with van der Waals surface area (Å²) in [5, 5.41) is 0. The second kappa shape index (κ2) is 20.1. The number of rotatable bonds is 15. The van der Waals surface area contributed by atoms with Crippen LogP contribution in [0.2, 0.25) is 0 Å². The molecule has 0 radical (unpaired) electrons. The number of ether oxygens (including phenoxy) is 2. The van der Waals surface area contributed by atoms with Crippen molar-refractivity contribution in [3.8, 4) is 0 Å². The average Bonchev–Trinajstić information content (AvgIpc) is 3.43. The standard InChI is InChI=1S/C24H40Cl2N4O4.2ClH/c1-19(25)33-23(31)29-17-15-27-21(29)13-11-9-7-5-3-4-6-8-10-12-14-22-28-16-18-30(22)24(32)34-20(2)26;;/h19-20H,3-18H2,1-2H3;2*1H. The van der Waals surface area contributed by atoms with Gasteiger partial charge >= 0.3 is 12.2 Å². The van der Waals surface area contributed by atoms with Crippen LogP contribution < -0.4 is 0 Å². The summed E-state index contributed by atoms with van der Waals surface area (Å²) >= 11 is 11.5. The van der Waals surface area contributed by atoms with Crippen molar-refractivity contribution < 1.29 is 19.1 Å². The van der Waals surface area contributed by atoms with Gasteiger partial charge in [0.1, 0.15) is 11.7 Å². The second-order valence-electron chi connectivity index (χ2n) is 8.79. The first-order valence-corrected chi connectivity index (χ1v) is 13.6. The number of hydrogen-bond donors (Lipinski definition) is 0. The molecule has 0 aliphatic carbocycles. The lowest BCUT2D eigenvalue weighted by Crippen LogP contribution is -2.35. The lowest BCUT2D eigenvalue weighted by Gasteiger charge is -2.19. The monoisotopic (exact) mass is 590 g/mol. The number of alkyl halides is 2. The first-order chi connectivity index (χ1) is 16.4. The molecule has 8 nitrogen and oxygen atoms in total. The largest absolute Gasteiger partial charge is 0.430 e. The quantitative estimate of drug-likeness (QED) is 0.147. The molecule has 0 N–H and O–H groups in total. The lowest BCUT2D eigenvalue weighted by atomic mass is 10.0. The fourth-order valence-electron chi connectivity index (χ4n) is 4.19. The fraction of sp³-hybridized carbons (Fsp3) is 0.833. The van der Waals surface area contributed by atoms with Crippen LogP contribution in [-0.2, 0) is 9.47 Å². The van der Waals surface area contributed by atoms with Crippen molar-refractivity contribution >= 4 is 71.9 Å². The highest BCUT2D eigenvalue weighted by atomic mass is 35.5. The molecule has 2 atom stereocenters. The second-order valence-corrected chi connectivity index (χ2v) is 10.0. The Balaban J connectivity index is 0.00000612. The minimum Gasteiger partial charge on any atom is -0.430 e. The molecule has 210 valence electrons. The van der Waals surface area contributed by atoms with E-state index < -0.39 is 23.3 Å². The molecule has 2 aliphatic rings. The van der Waals surface area contributed by atoms with Gasteiger partial charge < -0.3 is 9.47 Å². The van der Waals surface area contributed by atoms with Gasteiger partial charge in [-0.25, -0.2) is 9.59 Å². The summed E-state index contributed by atoms with van der Waals surface area (Å²) in [7, 11) is 0. The number of hydrogen-bond acceptors (Lipinski definition) is 6. The molecule has 0 aromatic rings. The number of carbonyl (C=O) groups excluding carboxylic acids is 2. The first-order valence-electron chi connectivity index (χ1n) is 12.7. The number of nitrogens with zero attached hydrogens (tertiary/aromatic N) is 4. The molecule has 0 fully saturated rings. The SMILES string of the molecule is CC(Cl)OC(=O)N1CCN=C1CCCCCCCCCCCCC1=NCCN1C(=O)OC(C)Cl.Cl.Cl. The Kier molecular flexibility index (Phi) is 19.5. The Hall–Kier alpha value is -0.960. The van der Waals surface area contributed by atoms with E-state index in [1.807, 2.05) is 0 Å². The zero-order valence-electron chi connectivity index (χ0n) is 21.5. The number of carbonyl (C=O) groups is 2. The van der Waals surface area contributed by atoms with Gasteiger partial charge in [-0.3, -0.25) is 19.8 Å². The van der Waals surface area contributed by atoms with Crippen molar-refractivity contribution in [2.24, 2.45) is 9.98 Å². The molecule has 0 spiro atoms. The lowest BCUT2D eigenvalue weighted by molar-refractivity contribution is 0.116. The molecule has 0 aromatic heterocycles. The summed E-state index contributed by atoms with van der Waals surface area (Å²) in [6, 6.07) is 0. The predicted molar refractivity (Wildman–Crippen MR) is 152 cm³/mol. The van der Waals surface area contributed by atoms with Crippen LogP contribution in [0, 0.1) is 0 Å². The van der Waals surface area contributed by atoms with E-state index in [1.165, 1.54) is 38.5 Å². The van der Waals surface area contributed by atoms with Crippen molar-refractivity contribution in [3.05, 3.63) is 0 Å². The summed E-state index contributed by atoms with van der Waals surface area (Å²) in [5.74, 6) is 1.67. The van der Waals surface area contributed by atoms with E-state index >= 15 is 0 Å². The minimum atomic E-state index is -0.627. The van der Waals surface area contributed by atoms with Gasteiger partial charge in [0, 0.05) is 12.8 Å². The molecule has 36 heavy (non-hydrogen) atoms. The van der Waals surface area contributed by atoms with E-state index in [4.69, 9.17) is 32.7 Å². The van der Waals surface area contributed by atoms with Crippen LogP contribution in [0.4, 0.5) is 9.59 Å². The molecule has 2 heterocycles. The van der Waals surface area contributed by atoms with Crippen molar-refractivity contribution in [2.45, 2.75) is 102 Å². The number of amides is 2. The Labute approximate surface area is 238 Å². The number of aliphatic imine (C=N–C) groups is 2. The molecule has 0 aromatic carbocycles. The van der Waals surface area contributed by atoms with Gasteiger partial charge in [-0.05, 0) is 26.7 Å². The van der Waals surface area contributed by atoms with E-state index in [2.05, 4.69) is 9.98 Å². The minimum absolute atomic E-state index is 0. The van der Waals surface area contributed by atoms with Gasteiger partial charge in [0.15, 0.2) is 11.1 Å². The Bertz CT molecular complexity index is 650. The van der Waals surface area contributed by atoms with E-state index in [9.17, 15) is 9.59 Å². The maximum Gasteiger partial charge on any atom is 0.416 e. The van der Waals surface area contributed by atoms with Crippen LogP contribution in [-0.4, -0.2) is 71.0 Å². The highest BCUT2D eigenvalue weighted by Crippen LogP contribution is 2.17.